The molecule has 0 aromatic heterocycles. The number of benzene rings is 3. The highest BCUT2D eigenvalue weighted by molar-refractivity contribution is 7.01. The summed E-state index contributed by atoms with van der Waals surface area (Å²) >= 11 is 0. The fraction of sp³-hybridized carbons (Fsp3) is 0.312. The van der Waals surface area contributed by atoms with Gasteiger partial charge in [0.1, 0.15) is 0 Å². The fourth-order valence-electron chi connectivity index (χ4n) is 7.92. The predicted octanol–water partition coefficient (Wildman–Crippen LogP) is 9.15. The van der Waals surface area contributed by atoms with E-state index in [4.69, 9.17) is 0 Å². The first-order chi connectivity index (χ1) is 16.3. The van der Waals surface area contributed by atoms with E-state index in [1.165, 1.54) is 23.1 Å². The molecule has 3 aromatic carbocycles. The number of rotatable bonds is 7. The first-order valence-corrected chi connectivity index (χ1v) is 19.0. The van der Waals surface area contributed by atoms with E-state index in [1.54, 1.807) is 16.7 Å². The van der Waals surface area contributed by atoms with E-state index in [9.17, 15) is 0 Å². The Bertz CT molecular complexity index is 1220. The van der Waals surface area contributed by atoms with Gasteiger partial charge in [-0.3, -0.25) is 0 Å². The lowest BCUT2D eigenvalue weighted by molar-refractivity contribution is 0.739. The van der Waals surface area contributed by atoms with E-state index >= 15 is 0 Å². The van der Waals surface area contributed by atoms with Crippen LogP contribution in [0.3, 0.4) is 0 Å². The van der Waals surface area contributed by atoms with Crippen molar-refractivity contribution in [1.82, 2.24) is 0 Å². The second-order valence-corrected chi connectivity index (χ2v) is 21.8. The van der Waals surface area contributed by atoms with Crippen molar-refractivity contribution >= 4 is 22.2 Å². The second-order valence-electron chi connectivity index (χ2n) is 11.4. The molecule has 2 aliphatic carbocycles. The topological polar surface area (TPSA) is 0 Å². The molecular formula is C32H38Si2. The van der Waals surface area contributed by atoms with Crippen molar-refractivity contribution in [3.8, 4) is 11.1 Å². The SMILES string of the molecule is C=CCC(CC)[Si](C)(C)C1([Si](C)(C)C2c3ccccc3-c3ccccc32)C=Cc2ccccc21. The molecule has 5 rings (SSSR count). The molecule has 2 aliphatic rings. The van der Waals surface area contributed by atoms with Crippen LogP contribution in [0, 0.1) is 0 Å². The van der Waals surface area contributed by atoms with Crippen molar-refractivity contribution in [2.75, 3.05) is 0 Å². The van der Waals surface area contributed by atoms with Crippen LogP contribution in [0.4, 0.5) is 0 Å². The molecule has 0 nitrogen and oxygen atoms in total. The molecule has 0 spiro atoms. The van der Waals surface area contributed by atoms with E-state index in [0.717, 1.165) is 6.42 Å². The van der Waals surface area contributed by atoms with Crippen LogP contribution in [0.2, 0.25) is 31.7 Å². The highest BCUT2D eigenvalue weighted by Crippen LogP contribution is 2.60. The van der Waals surface area contributed by atoms with Gasteiger partial charge in [0.05, 0.1) is 16.1 Å². The zero-order chi connectivity index (χ0) is 24.1. The Morgan fingerprint density at radius 1 is 0.853 bits per heavy atom. The minimum Gasteiger partial charge on any atom is -0.103 e. The molecule has 0 saturated carbocycles. The van der Waals surface area contributed by atoms with Crippen molar-refractivity contribution in [3.05, 3.63) is 114 Å². The van der Waals surface area contributed by atoms with Gasteiger partial charge in [0.2, 0.25) is 0 Å². The van der Waals surface area contributed by atoms with Gasteiger partial charge in [-0.25, -0.2) is 0 Å². The van der Waals surface area contributed by atoms with Gasteiger partial charge in [0.25, 0.3) is 0 Å². The van der Waals surface area contributed by atoms with Gasteiger partial charge >= 0.3 is 0 Å². The summed E-state index contributed by atoms with van der Waals surface area (Å²) in [6.07, 6.45) is 9.69. The van der Waals surface area contributed by atoms with Crippen LogP contribution in [-0.4, -0.2) is 16.1 Å². The van der Waals surface area contributed by atoms with E-state index in [1.807, 2.05) is 0 Å². The molecule has 0 fully saturated rings. The van der Waals surface area contributed by atoms with Crippen LogP contribution in [0.15, 0.2) is 91.5 Å². The van der Waals surface area contributed by atoms with Gasteiger partial charge in [-0.15, -0.1) is 6.58 Å². The van der Waals surface area contributed by atoms with Crippen LogP contribution >= 0.6 is 0 Å². The summed E-state index contributed by atoms with van der Waals surface area (Å²) in [5.74, 6) is 0. The Morgan fingerprint density at radius 2 is 1.41 bits per heavy atom. The van der Waals surface area contributed by atoms with Crippen LogP contribution in [-0.2, 0) is 4.66 Å². The molecule has 2 unspecified atom stereocenters. The first kappa shape index (κ1) is 23.3. The quantitative estimate of drug-likeness (QED) is 0.234. The summed E-state index contributed by atoms with van der Waals surface area (Å²) in [6, 6.07) is 27.8. The van der Waals surface area contributed by atoms with E-state index in [0.29, 0.717) is 11.1 Å². The van der Waals surface area contributed by atoms with Gasteiger partial charge in [-0.05, 0) is 45.3 Å². The van der Waals surface area contributed by atoms with Crippen molar-refractivity contribution in [2.45, 2.75) is 61.7 Å². The third kappa shape index (κ3) is 3.01. The summed E-state index contributed by atoms with van der Waals surface area (Å²) in [5, 5.41) is 0. The molecule has 3 aromatic rings. The van der Waals surface area contributed by atoms with Crippen LogP contribution < -0.4 is 0 Å². The lowest BCUT2D eigenvalue weighted by Gasteiger charge is -2.57. The van der Waals surface area contributed by atoms with E-state index in [2.05, 4.69) is 131 Å². The van der Waals surface area contributed by atoms with Crippen molar-refractivity contribution in [3.63, 3.8) is 0 Å². The maximum atomic E-state index is 4.17. The van der Waals surface area contributed by atoms with Crippen LogP contribution in [0.1, 0.15) is 47.6 Å². The largest absolute Gasteiger partial charge is 0.103 e. The molecule has 2 heteroatoms. The van der Waals surface area contributed by atoms with Crippen LogP contribution in [0.5, 0.6) is 0 Å². The van der Waals surface area contributed by atoms with Gasteiger partial charge in [-0.1, -0.05) is 131 Å². The average Bonchev–Trinajstić information content (AvgIpc) is 3.40. The predicted molar refractivity (Wildman–Crippen MR) is 155 cm³/mol. The monoisotopic (exact) mass is 478 g/mol. The zero-order valence-corrected chi connectivity index (χ0v) is 23.4. The minimum absolute atomic E-state index is 0.148. The summed E-state index contributed by atoms with van der Waals surface area (Å²) in [4.78, 5) is 0. The third-order valence-corrected chi connectivity index (χ3v) is 23.0. The number of hydrogen-bond acceptors (Lipinski definition) is 0. The molecule has 2 atom stereocenters. The van der Waals surface area contributed by atoms with Gasteiger partial charge in [-0.2, -0.15) is 0 Å². The first-order valence-electron chi connectivity index (χ1n) is 12.9. The molecule has 0 heterocycles. The van der Waals surface area contributed by atoms with E-state index in [-0.39, 0.29) is 4.66 Å². The summed E-state index contributed by atoms with van der Waals surface area (Å²) in [7, 11) is -3.91. The molecule has 0 saturated heterocycles. The maximum absolute atomic E-state index is 4.17. The minimum atomic E-state index is -2.04. The average molecular weight is 479 g/mol. The Labute approximate surface area is 208 Å². The van der Waals surface area contributed by atoms with Crippen molar-refractivity contribution in [2.24, 2.45) is 0 Å². The molecule has 174 valence electrons. The molecule has 0 amide bonds. The molecule has 0 aliphatic heterocycles. The molecule has 0 bridgehead atoms. The number of allylic oxidation sites excluding steroid dienone is 2. The smallest absolute Gasteiger partial charge is 0.0728 e. The van der Waals surface area contributed by atoms with Gasteiger partial charge in [0.15, 0.2) is 0 Å². The van der Waals surface area contributed by atoms with Crippen molar-refractivity contribution in [1.29, 1.82) is 0 Å². The molecule has 0 N–H and O–H groups in total. The Hall–Kier alpha value is -2.43. The second kappa shape index (κ2) is 8.35. The number of hydrogen-bond donors (Lipinski definition) is 0. The fourth-order valence-corrected chi connectivity index (χ4v) is 23.4. The highest BCUT2D eigenvalue weighted by Gasteiger charge is 2.63. The van der Waals surface area contributed by atoms with Gasteiger partial charge in [0, 0.05) is 10.2 Å². The summed E-state index contributed by atoms with van der Waals surface area (Å²) < 4.78 is 0.148. The Morgan fingerprint density at radius 3 is 2.00 bits per heavy atom. The lowest BCUT2D eigenvalue weighted by atomic mass is 10.1. The highest BCUT2D eigenvalue weighted by atomic mass is 28.4. The van der Waals surface area contributed by atoms with Crippen LogP contribution in [0.25, 0.3) is 17.2 Å². The summed E-state index contributed by atoms with van der Waals surface area (Å²) in [5.41, 5.74) is 10.3. The van der Waals surface area contributed by atoms with Gasteiger partial charge < -0.3 is 0 Å². The maximum Gasteiger partial charge on any atom is 0.0728 e. The lowest BCUT2D eigenvalue weighted by Crippen LogP contribution is -2.68. The Kier molecular flexibility index (Phi) is 5.73. The Balaban J connectivity index is 1.81. The summed E-state index contributed by atoms with van der Waals surface area (Å²) in [6.45, 7) is 17.4. The normalized spacial score (nSPS) is 20.0. The third-order valence-electron chi connectivity index (χ3n) is 9.45. The molecular weight excluding hydrogens is 441 g/mol. The standard InChI is InChI=1S/C32H38Si2/c1-7-15-25(8-2)33(3,4)32(23-22-24-16-9-14-21-30(24)32)34(5,6)31-28-19-12-10-17-26(28)27-18-11-13-20-29(27)31/h7,9-14,16-23,25,31H,1,8,15H2,2-6H3. The zero-order valence-electron chi connectivity index (χ0n) is 21.4. The van der Waals surface area contributed by atoms with E-state index < -0.39 is 16.1 Å². The molecule has 34 heavy (non-hydrogen) atoms. The number of fused-ring (bicyclic) bond motifs is 4. The van der Waals surface area contributed by atoms with Crippen molar-refractivity contribution < 1.29 is 0 Å². The molecule has 0 radical (unpaired) electrons.